The monoisotopic (exact) mass is 305 g/mol. The van der Waals surface area contributed by atoms with Gasteiger partial charge in [0.25, 0.3) is 5.91 Å². The summed E-state index contributed by atoms with van der Waals surface area (Å²) in [5.41, 5.74) is -1.97. The lowest BCUT2D eigenvalue weighted by molar-refractivity contribution is -0.140. The van der Waals surface area contributed by atoms with E-state index in [1.807, 2.05) is 13.8 Å². The van der Waals surface area contributed by atoms with Crippen LogP contribution in [-0.2, 0) is 6.18 Å². The van der Waals surface area contributed by atoms with Gasteiger partial charge in [-0.15, -0.1) is 0 Å². The zero-order valence-electron chi connectivity index (χ0n) is 12.5. The number of carbonyl (C=O) groups excluding carboxylic acids is 1. The lowest BCUT2D eigenvalue weighted by Gasteiger charge is -2.27. The van der Waals surface area contributed by atoms with Crippen LogP contribution in [0.3, 0.4) is 0 Å². The van der Waals surface area contributed by atoms with Gasteiger partial charge in [-0.05, 0) is 31.4 Å². The van der Waals surface area contributed by atoms with Gasteiger partial charge in [-0.3, -0.25) is 4.79 Å². The summed E-state index contributed by atoms with van der Waals surface area (Å²) in [6, 6.07) is 2.56. The lowest BCUT2D eigenvalue weighted by atomic mass is 10.0. The molecule has 0 heterocycles. The third-order valence-corrected chi connectivity index (χ3v) is 3.33. The van der Waals surface area contributed by atoms with Crippen LogP contribution < -0.4 is 0 Å². The molecule has 0 radical (unpaired) electrons. The number of carbonyl (C=O) groups is 1. The zero-order chi connectivity index (χ0) is 16.4. The highest BCUT2D eigenvalue weighted by atomic mass is 19.4. The SMILES string of the molecule is CC(C)CC(C)N(C)C(=O)c1cccc(C(F)(F)F)c1F. The molecule has 1 amide bonds. The molecule has 0 aromatic heterocycles. The van der Waals surface area contributed by atoms with Crippen molar-refractivity contribution in [2.24, 2.45) is 5.92 Å². The molecule has 0 bridgehead atoms. The Hall–Kier alpha value is -1.59. The second-order valence-electron chi connectivity index (χ2n) is 5.56. The second kappa shape index (κ2) is 6.45. The van der Waals surface area contributed by atoms with Gasteiger partial charge in [0.15, 0.2) is 0 Å². The van der Waals surface area contributed by atoms with Gasteiger partial charge in [0.1, 0.15) is 5.82 Å². The minimum atomic E-state index is -4.82. The van der Waals surface area contributed by atoms with Crippen molar-refractivity contribution < 1.29 is 22.4 Å². The highest BCUT2D eigenvalue weighted by Gasteiger charge is 2.36. The van der Waals surface area contributed by atoms with Crippen LogP contribution in [0.1, 0.15) is 43.1 Å². The molecule has 1 atom stereocenters. The molecule has 0 spiro atoms. The van der Waals surface area contributed by atoms with Gasteiger partial charge in [0, 0.05) is 13.1 Å². The van der Waals surface area contributed by atoms with Crippen molar-refractivity contribution in [2.45, 2.75) is 39.4 Å². The number of alkyl halides is 3. The number of rotatable bonds is 4. The molecule has 1 aromatic rings. The molecule has 1 rings (SSSR count). The zero-order valence-corrected chi connectivity index (χ0v) is 12.5. The maximum Gasteiger partial charge on any atom is 0.419 e. The fourth-order valence-corrected chi connectivity index (χ4v) is 2.15. The molecule has 0 aliphatic carbocycles. The largest absolute Gasteiger partial charge is 0.419 e. The van der Waals surface area contributed by atoms with E-state index in [4.69, 9.17) is 0 Å². The van der Waals surface area contributed by atoms with Gasteiger partial charge < -0.3 is 4.90 Å². The average Bonchev–Trinajstić information content (AvgIpc) is 2.35. The second-order valence-corrected chi connectivity index (χ2v) is 5.56. The van der Waals surface area contributed by atoms with Crippen molar-refractivity contribution in [1.82, 2.24) is 4.90 Å². The maximum atomic E-state index is 13.9. The van der Waals surface area contributed by atoms with E-state index in [0.29, 0.717) is 18.4 Å². The van der Waals surface area contributed by atoms with Gasteiger partial charge in [0.05, 0.1) is 11.1 Å². The Bertz CT molecular complexity index is 511. The number of benzene rings is 1. The van der Waals surface area contributed by atoms with Crippen LogP contribution in [0.5, 0.6) is 0 Å². The fourth-order valence-electron chi connectivity index (χ4n) is 2.15. The summed E-state index contributed by atoms with van der Waals surface area (Å²) in [7, 11) is 1.47. The molecule has 0 N–H and O–H groups in total. The van der Waals surface area contributed by atoms with E-state index >= 15 is 0 Å². The van der Waals surface area contributed by atoms with Crippen molar-refractivity contribution in [3.05, 3.63) is 35.1 Å². The van der Waals surface area contributed by atoms with Gasteiger partial charge in [-0.25, -0.2) is 4.39 Å². The Kier molecular flexibility index (Phi) is 5.36. The fraction of sp³-hybridized carbons (Fsp3) is 0.533. The third-order valence-electron chi connectivity index (χ3n) is 3.33. The minimum absolute atomic E-state index is 0.188. The lowest BCUT2D eigenvalue weighted by Crippen LogP contribution is -2.36. The Balaban J connectivity index is 3.09. The van der Waals surface area contributed by atoms with Crippen LogP contribution in [0, 0.1) is 11.7 Å². The predicted molar refractivity (Wildman–Crippen MR) is 72.4 cm³/mol. The molecule has 0 aliphatic heterocycles. The molecule has 0 aliphatic rings. The number of hydrogen-bond donors (Lipinski definition) is 0. The van der Waals surface area contributed by atoms with Crippen molar-refractivity contribution in [2.75, 3.05) is 7.05 Å². The Morgan fingerprint density at radius 1 is 1.24 bits per heavy atom. The summed E-state index contributed by atoms with van der Waals surface area (Å²) in [5, 5.41) is 0. The van der Waals surface area contributed by atoms with Crippen LogP contribution in [0.25, 0.3) is 0 Å². The van der Waals surface area contributed by atoms with Crippen LogP contribution in [0.15, 0.2) is 18.2 Å². The first-order valence-corrected chi connectivity index (χ1v) is 6.68. The smallest absolute Gasteiger partial charge is 0.339 e. The number of amides is 1. The van der Waals surface area contributed by atoms with E-state index in [1.54, 1.807) is 6.92 Å². The molecule has 0 saturated carbocycles. The first-order valence-electron chi connectivity index (χ1n) is 6.68. The van der Waals surface area contributed by atoms with Crippen LogP contribution in [0.4, 0.5) is 17.6 Å². The van der Waals surface area contributed by atoms with Gasteiger partial charge >= 0.3 is 6.18 Å². The van der Waals surface area contributed by atoms with Gasteiger partial charge in [-0.2, -0.15) is 13.2 Å². The van der Waals surface area contributed by atoms with Crippen LogP contribution in [0.2, 0.25) is 0 Å². The normalized spacial score (nSPS) is 13.4. The quantitative estimate of drug-likeness (QED) is 0.757. The van der Waals surface area contributed by atoms with Crippen molar-refractivity contribution in [3.63, 3.8) is 0 Å². The summed E-state index contributed by atoms with van der Waals surface area (Å²) < 4.78 is 51.9. The molecular formula is C15H19F4NO. The van der Waals surface area contributed by atoms with Gasteiger partial charge in [0.2, 0.25) is 0 Å². The molecule has 1 unspecified atom stereocenters. The van der Waals surface area contributed by atoms with E-state index in [9.17, 15) is 22.4 Å². The van der Waals surface area contributed by atoms with Crippen molar-refractivity contribution in [1.29, 1.82) is 0 Å². The van der Waals surface area contributed by atoms with Crippen molar-refractivity contribution in [3.8, 4) is 0 Å². The molecule has 2 nitrogen and oxygen atoms in total. The summed E-state index contributed by atoms with van der Waals surface area (Å²) in [6.45, 7) is 5.72. The first kappa shape index (κ1) is 17.5. The number of nitrogens with zero attached hydrogens (tertiary/aromatic N) is 1. The highest BCUT2D eigenvalue weighted by Crippen LogP contribution is 2.32. The molecule has 21 heavy (non-hydrogen) atoms. The molecule has 1 aromatic carbocycles. The number of hydrogen-bond acceptors (Lipinski definition) is 1. The molecule has 118 valence electrons. The summed E-state index contributed by atoms with van der Waals surface area (Å²) >= 11 is 0. The Labute approximate surface area is 121 Å². The maximum absolute atomic E-state index is 13.9. The van der Waals surface area contributed by atoms with E-state index in [0.717, 1.165) is 12.1 Å². The van der Waals surface area contributed by atoms with Crippen molar-refractivity contribution >= 4 is 5.91 Å². The van der Waals surface area contributed by atoms with Crippen LogP contribution >= 0.6 is 0 Å². The summed E-state index contributed by atoms with van der Waals surface area (Å²) in [6.07, 6.45) is -4.13. The predicted octanol–water partition coefficient (Wildman–Crippen LogP) is 4.35. The Morgan fingerprint density at radius 2 is 1.81 bits per heavy atom. The third kappa shape index (κ3) is 4.19. The van der Waals surface area contributed by atoms with E-state index in [1.165, 1.54) is 11.9 Å². The minimum Gasteiger partial charge on any atom is -0.339 e. The molecular weight excluding hydrogens is 286 g/mol. The molecule has 6 heteroatoms. The molecule has 0 saturated heterocycles. The van der Waals surface area contributed by atoms with E-state index in [-0.39, 0.29) is 6.04 Å². The summed E-state index contributed by atoms with van der Waals surface area (Å²) in [4.78, 5) is 13.5. The Morgan fingerprint density at radius 3 is 2.29 bits per heavy atom. The van der Waals surface area contributed by atoms with E-state index in [2.05, 4.69) is 0 Å². The topological polar surface area (TPSA) is 20.3 Å². The van der Waals surface area contributed by atoms with Crippen LogP contribution in [-0.4, -0.2) is 23.9 Å². The standard InChI is InChI=1S/C15H19F4NO/c1-9(2)8-10(3)20(4)14(21)11-6-5-7-12(13(11)16)15(17,18)19/h5-7,9-10H,8H2,1-4H3. The summed E-state index contributed by atoms with van der Waals surface area (Å²) in [5.74, 6) is -1.94. The average molecular weight is 305 g/mol. The van der Waals surface area contributed by atoms with Gasteiger partial charge in [-0.1, -0.05) is 19.9 Å². The first-order chi connectivity index (χ1) is 9.55. The highest BCUT2D eigenvalue weighted by molar-refractivity contribution is 5.94. The number of halogens is 4. The van der Waals surface area contributed by atoms with E-state index < -0.39 is 29.0 Å². The molecule has 0 fully saturated rings.